The van der Waals surface area contributed by atoms with E-state index in [1.165, 1.54) is 0 Å². The number of phosphoric ester groups is 1. The first-order chi connectivity index (χ1) is 14.5. The van der Waals surface area contributed by atoms with Crippen molar-refractivity contribution >= 4 is 23.5 Å². The van der Waals surface area contributed by atoms with Crippen LogP contribution >= 0.6 is 23.5 Å². The van der Waals surface area contributed by atoms with E-state index in [4.69, 9.17) is 17.4 Å². The largest absolute Gasteiger partial charge is 0.490 e. The first-order valence-electron chi connectivity index (χ1n) is 8.43. The van der Waals surface area contributed by atoms with Crippen LogP contribution in [0.3, 0.4) is 0 Å². The van der Waals surface area contributed by atoms with Gasteiger partial charge in [0.15, 0.2) is 18.0 Å². The number of rotatable bonds is 8. The van der Waals surface area contributed by atoms with Crippen LogP contribution in [0.15, 0.2) is 21.9 Å². The number of H-pyrrole nitrogens is 1. The molecule has 21 heteroatoms. The molecule has 1 fully saturated rings. The number of hydrogen-bond acceptors (Lipinski definition) is 10. The first-order valence-corrected chi connectivity index (χ1v) is 11.9. The standard InChI is InChI=1S/C10H15F2N2O14P3/c1-9(11)6(16)10(12,26-7(9)14-3-2-5(15)13-8(14)17)4-25-30(21,22)28-31(23,24)27-29(18,19)20/h2-3,6-7,16H,4H2,1H3,(H,21,22)(H,23,24)(H,13,15,17)(H2,18,19,20)/t6-,7+,9+,10+/m0/s1/i4D2. The van der Waals surface area contributed by atoms with E-state index < -0.39 is 65.1 Å². The predicted octanol–water partition coefficient (Wildman–Crippen LogP) is -0.836. The van der Waals surface area contributed by atoms with Gasteiger partial charge in [-0.25, -0.2) is 27.3 Å². The van der Waals surface area contributed by atoms with E-state index in [2.05, 4.69) is 17.9 Å². The molecule has 178 valence electrons. The Morgan fingerprint density at radius 3 is 2.32 bits per heavy atom. The van der Waals surface area contributed by atoms with Gasteiger partial charge in [-0.15, -0.1) is 0 Å². The number of aliphatic hydroxyl groups excluding tert-OH is 1. The molecule has 2 rings (SSSR count). The molecule has 0 bridgehead atoms. The van der Waals surface area contributed by atoms with Gasteiger partial charge in [0.1, 0.15) is 6.56 Å². The van der Waals surface area contributed by atoms with Gasteiger partial charge in [0, 0.05) is 12.3 Å². The van der Waals surface area contributed by atoms with Gasteiger partial charge in [0.05, 0.1) is 2.74 Å². The second-order valence-corrected chi connectivity index (χ2v) is 10.3. The number of phosphoric acid groups is 3. The van der Waals surface area contributed by atoms with Crippen LogP contribution in [0.1, 0.15) is 15.9 Å². The fourth-order valence-corrected chi connectivity index (χ4v) is 5.16. The van der Waals surface area contributed by atoms with E-state index in [0.29, 0.717) is 19.2 Å². The highest BCUT2D eigenvalue weighted by molar-refractivity contribution is 7.66. The van der Waals surface area contributed by atoms with Crippen molar-refractivity contribution in [3.05, 3.63) is 33.1 Å². The number of aromatic nitrogens is 2. The Kier molecular flexibility index (Phi) is 6.20. The Labute approximate surface area is 172 Å². The van der Waals surface area contributed by atoms with Crippen LogP contribution < -0.4 is 11.2 Å². The lowest BCUT2D eigenvalue weighted by atomic mass is 9.97. The van der Waals surface area contributed by atoms with E-state index in [1.54, 1.807) is 4.98 Å². The van der Waals surface area contributed by atoms with Crippen LogP contribution in [0.5, 0.6) is 0 Å². The lowest BCUT2D eigenvalue weighted by Gasteiger charge is -2.25. The van der Waals surface area contributed by atoms with Crippen molar-refractivity contribution < 1.29 is 67.8 Å². The topological polar surface area (TPSA) is 244 Å². The number of aliphatic hydroxyl groups is 1. The minimum atomic E-state index is -6.32. The van der Waals surface area contributed by atoms with Crippen LogP contribution in [0.4, 0.5) is 8.78 Å². The zero-order valence-electron chi connectivity index (χ0n) is 16.8. The van der Waals surface area contributed by atoms with E-state index in [1.807, 2.05) is 0 Å². The van der Waals surface area contributed by atoms with E-state index in [-0.39, 0.29) is 4.57 Å². The van der Waals surface area contributed by atoms with E-state index in [9.17, 15) is 33.3 Å². The monoisotopic (exact) mass is 520 g/mol. The molecule has 0 aromatic carbocycles. The zero-order valence-corrected chi connectivity index (χ0v) is 17.4. The summed E-state index contributed by atoms with van der Waals surface area (Å²) in [5, 5.41) is 10.0. The molecular formula is C10H15F2N2O14P3. The summed E-state index contributed by atoms with van der Waals surface area (Å²) in [6, 6.07) is 0.659. The van der Waals surface area contributed by atoms with Crippen molar-refractivity contribution in [1.29, 1.82) is 0 Å². The minimum Gasteiger partial charge on any atom is -0.384 e. The summed E-state index contributed by atoms with van der Waals surface area (Å²) in [5.74, 6) is -4.43. The lowest BCUT2D eigenvalue weighted by Crippen LogP contribution is -2.47. The van der Waals surface area contributed by atoms with Crippen molar-refractivity contribution in [3.63, 3.8) is 0 Å². The summed E-state index contributed by atoms with van der Waals surface area (Å²) in [7, 11) is -18.3. The van der Waals surface area contributed by atoms with Gasteiger partial charge >= 0.3 is 29.2 Å². The number of ether oxygens (including phenoxy) is 1. The third-order valence-electron chi connectivity index (χ3n) is 3.47. The van der Waals surface area contributed by atoms with Gasteiger partial charge in [0.2, 0.25) is 0 Å². The molecule has 1 aromatic rings. The quantitative estimate of drug-likeness (QED) is 0.229. The van der Waals surface area contributed by atoms with E-state index >= 15 is 8.78 Å². The maximum Gasteiger partial charge on any atom is 0.490 e. The van der Waals surface area contributed by atoms with Crippen LogP contribution in [-0.4, -0.2) is 58.4 Å². The Morgan fingerprint density at radius 1 is 1.23 bits per heavy atom. The second-order valence-electron chi connectivity index (χ2n) is 5.97. The van der Waals surface area contributed by atoms with Crippen molar-refractivity contribution in [2.75, 3.05) is 6.56 Å². The summed E-state index contributed by atoms with van der Waals surface area (Å²) in [4.78, 5) is 60.1. The Bertz CT molecular complexity index is 1180. The molecule has 0 amide bonds. The molecule has 6 N–H and O–H groups in total. The molecular weight excluding hydrogens is 503 g/mol. The molecule has 1 aliphatic heterocycles. The van der Waals surface area contributed by atoms with Crippen LogP contribution in [0.25, 0.3) is 0 Å². The van der Waals surface area contributed by atoms with Crippen molar-refractivity contribution in [1.82, 2.24) is 9.55 Å². The number of halogens is 2. The van der Waals surface area contributed by atoms with Crippen LogP contribution in [0, 0.1) is 0 Å². The predicted molar refractivity (Wildman–Crippen MR) is 90.6 cm³/mol. The maximum atomic E-state index is 15.4. The molecule has 6 atom stereocenters. The van der Waals surface area contributed by atoms with Crippen molar-refractivity contribution in [3.8, 4) is 0 Å². The smallest absolute Gasteiger partial charge is 0.384 e. The van der Waals surface area contributed by atoms with Gasteiger partial charge in [0.25, 0.3) is 11.4 Å². The minimum absolute atomic E-state index is 0.201. The molecule has 2 unspecified atom stereocenters. The summed E-state index contributed by atoms with van der Waals surface area (Å²) >= 11 is 0. The van der Waals surface area contributed by atoms with Crippen LogP contribution in [0.2, 0.25) is 0 Å². The van der Waals surface area contributed by atoms with Crippen molar-refractivity contribution in [2.45, 2.75) is 30.8 Å². The number of aromatic amines is 1. The number of hydrogen-bond donors (Lipinski definition) is 6. The lowest BCUT2D eigenvalue weighted by molar-refractivity contribution is -0.204. The van der Waals surface area contributed by atoms with Gasteiger partial charge in [-0.1, -0.05) is 0 Å². The molecule has 2 heterocycles. The number of nitrogens with zero attached hydrogens (tertiary/aromatic N) is 1. The Hall–Kier alpha value is -1.13. The van der Waals surface area contributed by atoms with Gasteiger partial charge < -0.3 is 29.4 Å². The number of nitrogens with one attached hydrogen (secondary N) is 1. The van der Waals surface area contributed by atoms with Gasteiger partial charge in [-0.3, -0.25) is 18.9 Å². The average Bonchev–Trinajstić information content (AvgIpc) is 2.72. The number of alkyl halides is 2. The molecule has 1 saturated heterocycles. The SMILES string of the molecule is [2H]C([2H])(OP(=O)(O)OP(=O)(O)OP(=O)(O)O)[C@@]1(F)O[C@@H](n2ccc(=O)[nH]c2=O)[C@](C)(F)[C@@H]1O. The van der Waals surface area contributed by atoms with E-state index in [0.717, 1.165) is 0 Å². The molecule has 31 heavy (non-hydrogen) atoms. The maximum absolute atomic E-state index is 15.4. The fraction of sp³-hybridized carbons (Fsp3) is 0.600. The highest BCUT2D eigenvalue weighted by atomic mass is 31.3. The highest BCUT2D eigenvalue weighted by Gasteiger charge is 2.65. The Morgan fingerprint density at radius 2 is 1.81 bits per heavy atom. The highest BCUT2D eigenvalue weighted by Crippen LogP contribution is 2.66. The van der Waals surface area contributed by atoms with Gasteiger partial charge in [-0.05, 0) is 6.92 Å². The van der Waals surface area contributed by atoms with Crippen molar-refractivity contribution in [2.24, 2.45) is 0 Å². The van der Waals surface area contributed by atoms with Gasteiger partial charge in [-0.2, -0.15) is 8.62 Å². The molecule has 1 aliphatic rings. The fourth-order valence-electron chi connectivity index (χ4n) is 2.28. The molecule has 0 aliphatic carbocycles. The summed E-state index contributed by atoms with van der Waals surface area (Å²) in [6.07, 6.45) is -5.11. The average molecular weight is 520 g/mol. The molecule has 0 radical (unpaired) electrons. The summed E-state index contributed by atoms with van der Waals surface area (Å²) < 4.78 is 94.4. The molecule has 16 nitrogen and oxygen atoms in total. The summed E-state index contributed by atoms with van der Waals surface area (Å²) in [6.45, 7) is -3.98. The normalized spacial score (nSPS) is 34.5. The summed E-state index contributed by atoms with van der Waals surface area (Å²) in [5.41, 5.74) is -5.73. The molecule has 0 saturated carbocycles. The Balaban J connectivity index is 2.40. The second kappa shape index (κ2) is 8.33. The molecule has 1 aromatic heterocycles. The third kappa shape index (κ3) is 6.22. The zero-order chi connectivity index (χ0) is 25.8. The first kappa shape index (κ1) is 23.0. The van der Waals surface area contributed by atoms with Crippen LogP contribution in [-0.2, 0) is 31.6 Å². The molecule has 0 spiro atoms. The third-order valence-corrected chi connectivity index (χ3v) is 7.12.